The van der Waals surface area contributed by atoms with Crippen LogP contribution in [0.4, 0.5) is 0 Å². The predicted molar refractivity (Wildman–Crippen MR) is 42.9 cm³/mol. The third-order valence-electron chi connectivity index (χ3n) is 1.38. The van der Waals surface area contributed by atoms with E-state index in [1.807, 2.05) is 27.0 Å². The Morgan fingerprint density at radius 2 is 1.90 bits per heavy atom. The highest BCUT2D eigenvalue weighted by molar-refractivity contribution is 7.98. The van der Waals surface area contributed by atoms with Crippen LogP contribution in [-0.4, -0.2) is 22.7 Å². The predicted octanol–water partition coefficient (Wildman–Crippen LogP) is -0.217. The number of rotatable bonds is 2. The van der Waals surface area contributed by atoms with E-state index >= 15 is 0 Å². The second kappa shape index (κ2) is 3.28. The van der Waals surface area contributed by atoms with Crippen molar-refractivity contribution in [3.8, 4) is 0 Å². The molecule has 3 heteroatoms. The van der Waals surface area contributed by atoms with Gasteiger partial charge in [0.05, 0.1) is 12.2 Å². The van der Waals surface area contributed by atoms with Crippen molar-refractivity contribution >= 4 is 16.9 Å². The van der Waals surface area contributed by atoms with Gasteiger partial charge in [-0.15, -0.1) is 0 Å². The van der Waals surface area contributed by atoms with Crippen LogP contribution in [0.1, 0.15) is 20.8 Å². The van der Waals surface area contributed by atoms with Crippen LogP contribution in [0.25, 0.3) is 0 Å². The lowest BCUT2D eigenvalue weighted by Crippen LogP contribution is -2.38. The molecular weight excluding hydrogens is 148 g/mol. The molecule has 0 aromatic carbocycles. The quantitative estimate of drug-likeness (QED) is 0.527. The molecule has 0 spiro atoms. The summed E-state index contributed by atoms with van der Waals surface area (Å²) in [6, 6.07) is 0. The van der Waals surface area contributed by atoms with Gasteiger partial charge in [-0.05, 0) is 31.7 Å². The Balaban J connectivity index is 3.85. The zero-order chi connectivity index (χ0) is 8.36. The van der Waals surface area contributed by atoms with Gasteiger partial charge in [0.2, 0.25) is 0 Å². The maximum Gasteiger partial charge on any atom is 0.147 e. The minimum Gasteiger partial charge on any atom is -0.545 e. The Labute approximate surface area is 65.0 Å². The highest BCUT2D eigenvalue weighted by Gasteiger charge is 2.28. The van der Waals surface area contributed by atoms with E-state index in [0.717, 1.165) is 0 Å². The van der Waals surface area contributed by atoms with E-state index in [2.05, 4.69) is 0 Å². The van der Waals surface area contributed by atoms with Gasteiger partial charge in [-0.2, -0.15) is 0 Å². The Morgan fingerprint density at radius 1 is 1.50 bits per heavy atom. The van der Waals surface area contributed by atoms with Crippen molar-refractivity contribution in [2.75, 3.05) is 12.0 Å². The fourth-order valence-electron chi connectivity index (χ4n) is 0.393. The molecule has 0 amide bonds. The molecule has 0 N–H and O–H groups in total. The Bertz CT molecular complexity index is 126. The minimum atomic E-state index is -0.944. The molecule has 0 fully saturated rings. The lowest BCUT2D eigenvalue weighted by Gasteiger charge is -2.18. The molecular formula is C7H14O2S. The van der Waals surface area contributed by atoms with Gasteiger partial charge in [-0.3, -0.25) is 0 Å². The SMILES string of the molecule is C[S+](CC(=O)[O-])C(C)(C)C. The molecule has 0 aliphatic heterocycles. The molecule has 0 aliphatic carbocycles. The minimum absolute atomic E-state index is 0.0795. The van der Waals surface area contributed by atoms with E-state index in [9.17, 15) is 9.90 Å². The fraction of sp³-hybridized carbons (Fsp3) is 0.857. The van der Waals surface area contributed by atoms with E-state index in [0.29, 0.717) is 0 Å². The molecule has 0 saturated heterocycles. The van der Waals surface area contributed by atoms with Crippen molar-refractivity contribution in [2.45, 2.75) is 25.5 Å². The highest BCUT2D eigenvalue weighted by Crippen LogP contribution is 2.15. The van der Waals surface area contributed by atoms with Crippen molar-refractivity contribution in [2.24, 2.45) is 0 Å². The van der Waals surface area contributed by atoms with E-state index < -0.39 is 5.97 Å². The molecule has 60 valence electrons. The lowest BCUT2D eigenvalue weighted by atomic mass is 10.3. The van der Waals surface area contributed by atoms with Gasteiger partial charge in [-0.25, -0.2) is 0 Å². The molecule has 2 nitrogen and oxygen atoms in total. The number of hydrogen-bond acceptors (Lipinski definition) is 2. The molecule has 0 bridgehead atoms. The number of carbonyl (C=O) groups is 1. The van der Waals surface area contributed by atoms with E-state index in [1.54, 1.807) is 0 Å². The zero-order valence-corrected chi connectivity index (χ0v) is 7.75. The fourth-order valence-corrected chi connectivity index (χ4v) is 1.18. The zero-order valence-electron chi connectivity index (χ0n) is 6.93. The van der Waals surface area contributed by atoms with Crippen LogP contribution in [0, 0.1) is 0 Å². The highest BCUT2D eigenvalue weighted by atomic mass is 32.2. The second-order valence-corrected chi connectivity index (χ2v) is 6.05. The first-order valence-electron chi connectivity index (χ1n) is 3.16. The Hall–Kier alpha value is -0.180. The second-order valence-electron chi connectivity index (χ2n) is 3.27. The molecule has 0 saturated carbocycles. The van der Waals surface area contributed by atoms with Crippen LogP contribution >= 0.6 is 0 Å². The lowest BCUT2D eigenvalue weighted by molar-refractivity contribution is -0.301. The van der Waals surface area contributed by atoms with Crippen molar-refractivity contribution in [1.82, 2.24) is 0 Å². The standard InChI is InChI=1S/C7H14O2S/c1-7(2,3)10(4)5-6(8)9/h5H2,1-4H3. The first kappa shape index (κ1) is 9.82. The van der Waals surface area contributed by atoms with Crippen LogP contribution in [-0.2, 0) is 15.7 Å². The summed E-state index contributed by atoms with van der Waals surface area (Å²) in [5.74, 6) is -0.760. The molecule has 0 radical (unpaired) electrons. The van der Waals surface area contributed by atoms with Gasteiger partial charge in [0.15, 0.2) is 0 Å². The summed E-state index contributed by atoms with van der Waals surface area (Å²) in [7, 11) is -0.0795. The largest absolute Gasteiger partial charge is 0.545 e. The summed E-state index contributed by atoms with van der Waals surface area (Å²) in [6.45, 7) is 6.12. The van der Waals surface area contributed by atoms with E-state index in [4.69, 9.17) is 0 Å². The number of carboxylic acid groups (broad SMARTS) is 1. The van der Waals surface area contributed by atoms with Gasteiger partial charge < -0.3 is 9.90 Å². The summed E-state index contributed by atoms with van der Waals surface area (Å²) in [6.07, 6.45) is 1.95. The monoisotopic (exact) mass is 162 g/mol. The van der Waals surface area contributed by atoms with Gasteiger partial charge in [0, 0.05) is 0 Å². The topological polar surface area (TPSA) is 40.1 Å². The van der Waals surface area contributed by atoms with Gasteiger partial charge in [0.25, 0.3) is 0 Å². The summed E-state index contributed by atoms with van der Waals surface area (Å²) in [5, 5.41) is 10.2. The third-order valence-corrected chi connectivity index (χ3v) is 4.14. The first-order valence-corrected chi connectivity index (χ1v) is 4.96. The first-order chi connectivity index (χ1) is 4.34. The van der Waals surface area contributed by atoms with Gasteiger partial charge in [-0.1, -0.05) is 0 Å². The number of carboxylic acids is 1. The van der Waals surface area contributed by atoms with E-state index in [-0.39, 0.29) is 21.4 Å². The summed E-state index contributed by atoms with van der Waals surface area (Å²) >= 11 is 0. The summed E-state index contributed by atoms with van der Waals surface area (Å²) < 4.78 is 0.0973. The van der Waals surface area contributed by atoms with Crippen LogP contribution in [0.2, 0.25) is 0 Å². The molecule has 1 atom stereocenters. The molecule has 0 heterocycles. The molecule has 1 unspecified atom stereocenters. The van der Waals surface area contributed by atoms with Crippen LogP contribution in [0.15, 0.2) is 0 Å². The smallest absolute Gasteiger partial charge is 0.147 e. The maximum atomic E-state index is 10.2. The normalized spacial score (nSPS) is 14.8. The molecule has 0 aromatic rings. The van der Waals surface area contributed by atoms with E-state index in [1.165, 1.54) is 0 Å². The Kier molecular flexibility index (Phi) is 3.22. The van der Waals surface area contributed by atoms with Crippen molar-refractivity contribution < 1.29 is 9.90 Å². The molecule has 0 aliphatic rings. The van der Waals surface area contributed by atoms with Crippen LogP contribution in [0.3, 0.4) is 0 Å². The number of aliphatic carboxylic acids is 1. The van der Waals surface area contributed by atoms with Crippen molar-refractivity contribution in [3.05, 3.63) is 0 Å². The third kappa shape index (κ3) is 3.77. The molecule has 10 heavy (non-hydrogen) atoms. The van der Waals surface area contributed by atoms with Gasteiger partial charge in [0.1, 0.15) is 10.5 Å². The molecule has 0 rings (SSSR count). The average Bonchev–Trinajstić information content (AvgIpc) is 1.60. The van der Waals surface area contributed by atoms with Gasteiger partial charge >= 0.3 is 0 Å². The molecule has 0 aromatic heterocycles. The number of carbonyl (C=O) groups excluding carboxylic acids is 1. The Morgan fingerprint density at radius 3 is 2.00 bits per heavy atom. The van der Waals surface area contributed by atoms with Crippen molar-refractivity contribution in [1.29, 1.82) is 0 Å². The summed E-state index contributed by atoms with van der Waals surface area (Å²) in [4.78, 5) is 10.2. The maximum absolute atomic E-state index is 10.2. The van der Waals surface area contributed by atoms with Crippen LogP contribution < -0.4 is 5.11 Å². The van der Waals surface area contributed by atoms with Crippen LogP contribution in [0.5, 0.6) is 0 Å². The number of hydrogen-bond donors (Lipinski definition) is 0. The van der Waals surface area contributed by atoms with Crippen molar-refractivity contribution in [3.63, 3.8) is 0 Å². The average molecular weight is 162 g/mol. The summed E-state index contributed by atoms with van der Waals surface area (Å²) in [5.41, 5.74) is 0.